The Morgan fingerprint density at radius 1 is 1.24 bits per heavy atom. The van der Waals surface area contributed by atoms with E-state index in [-0.39, 0.29) is 41.3 Å². The normalized spacial score (nSPS) is 50.3. The Balaban J connectivity index is 1.57. The minimum atomic E-state index is -0.820. The average Bonchev–Trinajstić information content (AvgIpc) is 2.98. The molecule has 0 aliphatic heterocycles. The maximum absolute atomic E-state index is 12.6. The average molecular weight is 406 g/mol. The lowest BCUT2D eigenvalue weighted by Crippen LogP contribution is -2.66. The summed E-state index contributed by atoms with van der Waals surface area (Å²) in [7, 11) is 0. The van der Waals surface area contributed by atoms with Crippen LogP contribution in [0.5, 0.6) is 0 Å². The molecular formula is C24H39NO4. The number of ether oxygens (including phenoxy) is 1. The van der Waals surface area contributed by atoms with Crippen molar-refractivity contribution in [1.82, 2.24) is 0 Å². The van der Waals surface area contributed by atoms with E-state index in [9.17, 15) is 14.7 Å². The van der Waals surface area contributed by atoms with E-state index in [4.69, 9.17) is 10.5 Å². The predicted molar refractivity (Wildman–Crippen MR) is 111 cm³/mol. The zero-order valence-corrected chi connectivity index (χ0v) is 18.6. The molecule has 4 unspecified atom stereocenters. The van der Waals surface area contributed by atoms with E-state index >= 15 is 0 Å². The van der Waals surface area contributed by atoms with Gasteiger partial charge in [0.1, 0.15) is 11.9 Å². The first-order valence-electron chi connectivity index (χ1n) is 11.7. The number of fused-ring (bicyclic) bond motifs is 5. The van der Waals surface area contributed by atoms with Crippen LogP contribution in [0, 0.1) is 40.4 Å². The van der Waals surface area contributed by atoms with E-state index < -0.39 is 5.60 Å². The molecule has 0 aromatic heterocycles. The number of carbonyl (C=O) groups is 2. The summed E-state index contributed by atoms with van der Waals surface area (Å²) in [5, 5.41) is 12.0. The molecule has 3 N–H and O–H groups in total. The van der Waals surface area contributed by atoms with Crippen LogP contribution in [-0.2, 0) is 14.3 Å². The summed E-state index contributed by atoms with van der Waals surface area (Å²) in [5.41, 5.74) is 4.48. The van der Waals surface area contributed by atoms with Gasteiger partial charge in [0.15, 0.2) is 0 Å². The first kappa shape index (κ1) is 21.3. The minimum absolute atomic E-state index is 0.139. The lowest BCUT2D eigenvalue weighted by Gasteiger charge is -2.65. The molecule has 0 aromatic rings. The molecule has 0 aromatic carbocycles. The molecule has 0 spiro atoms. The van der Waals surface area contributed by atoms with Gasteiger partial charge in [-0.2, -0.15) is 0 Å². The van der Waals surface area contributed by atoms with Gasteiger partial charge in [-0.1, -0.05) is 27.7 Å². The van der Waals surface area contributed by atoms with Crippen LogP contribution in [-0.4, -0.2) is 35.1 Å². The van der Waals surface area contributed by atoms with Crippen molar-refractivity contribution in [2.24, 2.45) is 46.2 Å². The number of rotatable bonds is 3. The fraction of sp³-hybridized carbons (Fsp3) is 0.917. The Bertz CT molecular complexity index is 694. The molecule has 4 aliphatic rings. The molecule has 9 atom stereocenters. The zero-order valence-electron chi connectivity index (χ0n) is 18.6. The molecule has 0 radical (unpaired) electrons. The number of esters is 1. The van der Waals surface area contributed by atoms with Gasteiger partial charge in [-0.05, 0) is 67.6 Å². The third-order valence-corrected chi connectivity index (χ3v) is 9.96. The Morgan fingerprint density at radius 2 is 1.97 bits per heavy atom. The molecule has 29 heavy (non-hydrogen) atoms. The standard InChI is InChI=1S/C24H39NO4/c1-14(13-25)21(27)29-16-7-10-23(4)19-8-9-22(3)18(5-6-20(22)26)17(19)11-15(2)24(23,28)12-16/h14-19,28H,5-13,25H2,1-4H3/t14?,15?,16?,17-,18-,19+,22-,23+,24?/m0/s1. The van der Waals surface area contributed by atoms with Gasteiger partial charge in [0.25, 0.3) is 0 Å². The van der Waals surface area contributed by atoms with Gasteiger partial charge in [0.05, 0.1) is 11.5 Å². The van der Waals surface area contributed by atoms with Crippen LogP contribution in [0.1, 0.15) is 79.1 Å². The Hall–Kier alpha value is -0.940. The first-order chi connectivity index (χ1) is 13.6. The highest BCUT2D eigenvalue weighted by atomic mass is 16.5. The smallest absolute Gasteiger partial charge is 0.310 e. The zero-order chi connectivity index (χ0) is 21.2. The molecule has 5 heteroatoms. The summed E-state index contributed by atoms with van der Waals surface area (Å²) in [6.07, 6.45) is 6.71. The highest BCUT2D eigenvalue weighted by Gasteiger charge is 2.66. The summed E-state index contributed by atoms with van der Waals surface area (Å²) in [6.45, 7) is 8.72. The number of hydrogen-bond acceptors (Lipinski definition) is 5. The van der Waals surface area contributed by atoms with E-state index in [2.05, 4.69) is 20.8 Å². The molecule has 4 saturated carbocycles. The fourth-order valence-corrected chi connectivity index (χ4v) is 7.89. The van der Waals surface area contributed by atoms with Crippen LogP contribution < -0.4 is 5.73 Å². The molecule has 0 amide bonds. The van der Waals surface area contributed by atoms with Crippen molar-refractivity contribution in [3.8, 4) is 0 Å². The van der Waals surface area contributed by atoms with Crippen molar-refractivity contribution < 1.29 is 19.4 Å². The summed E-state index contributed by atoms with van der Waals surface area (Å²) in [5.74, 6) is 1.50. The summed E-state index contributed by atoms with van der Waals surface area (Å²) in [6, 6.07) is 0. The Kier molecular flexibility index (Phi) is 5.18. The van der Waals surface area contributed by atoms with Gasteiger partial charge < -0.3 is 15.6 Å². The lowest BCUT2D eigenvalue weighted by molar-refractivity contribution is -0.245. The largest absolute Gasteiger partial charge is 0.462 e. The van der Waals surface area contributed by atoms with Crippen LogP contribution in [0.3, 0.4) is 0 Å². The van der Waals surface area contributed by atoms with E-state index in [1.54, 1.807) is 6.92 Å². The molecule has 0 bridgehead atoms. The molecule has 164 valence electrons. The molecule has 4 aliphatic carbocycles. The van der Waals surface area contributed by atoms with Gasteiger partial charge in [-0.15, -0.1) is 0 Å². The highest BCUT2D eigenvalue weighted by molar-refractivity contribution is 5.87. The number of aliphatic hydroxyl groups is 1. The topological polar surface area (TPSA) is 89.6 Å². The second-order valence-electron chi connectivity index (χ2n) is 11.2. The van der Waals surface area contributed by atoms with Crippen LogP contribution in [0.2, 0.25) is 0 Å². The molecular weight excluding hydrogens is 366 g/mol. The Morgan fingerprint density at radius 3 is 2.66 bits per heavy atom. The molecule has 4 rings (SSSR count). The lowest BCUT2D eigenvalue weighted by atomic mass is 9.41. The van der Waals surface area contributed by atoms with E-state index in [1.165, 1.54) is 0 Å². The van der Waals surface area contributed by atoms with Crippen LogP contribution >= 0.6 is 0 Å². The second-order valence-corrected chi connectivity index (χ2v) is 11.2. The van der Waals surface area contributed by atoms with Crippen molar-refractivity contribution in [1.29, 1.82) is 0 Å². The summed E-state index contributed by atoms with van der Waals surface area (Å²) < 4.78 is 5.76. The van der Waals surface area contributed by atoms with Crippen LogP contribution in [0.4, 0.5) is 0 Å². The molecule has 5 nitrogen and oxygen atoms in total. The molecule has 0 saturated heterocycles. The van der Waals surface area contributed by atoms with Gasteiger partial charge in [-0.3, -0.25) is 9.59 Å². The third kappa shape index (κ3) is 2.94. The van der Waals surface area contributed by atoms with Gasteiger partial charge in [-0.25, -0.2) is 0 Å². The van der Waals surface area contributed by atoms with Crippen LogP contribution in [0.25, 0.3) is 0 Å². The number of hydrogen-bond donors (Lipinski definition) is 2. The fourth-order valence-electron chi connectivity index (χ4n) is 7.89. The predicted octanol–water partition coefficient (Wildman–Crippen LogP) is 3.47. The Labute approximate surface area is 175 Å². The SMILES string of the molecule is CC(CN)C(=O)OC1CC[C@]2(C)[C@@H]3CC[C@]4(C)C(=O)CC[C@H]4[C@@H]3CC(C)C2(O)C1. The van der Waals surface area contributed by atoms with Gasteiger partial charge >= 0.3 is 5.97 Å². The number of ketones is 1. The van der Waals surface area contributed by atoms with Crippen molar-refractivity contribution in [3.05, 3.63) is 0 Å². The summed E-state index contributed by atoms with van der Waals surface area (Å²) >= 11 is 0. The van der Waals surface area contributed by atoms with Crippen molar-refractivity contribution in [2.75, 3.05) is 6.54 Å². The maximum Gasteiger partial charge on any atom is 0.310 e. The van der Waals surface area contributed by atoms with E-state index in [1.807, 2.05) is 0 Å². The monoisotopic (exact) mass is 405 g/mol. The maximum atomic E-state index is 12.6. The highest BCUT2D eigenvalue weighted by Crippen LogP contribution is 2.67. The number of nitrogens with two attached hydrogens (primary N) is 1. The van der Waals surface area contributed by atoms with E-state index in [0.29, 0.717) is 30.0 Å². The van der Waals surface area contributed by atoms with Crippen molar-refractivity contribution in [3.63, 3.8) is 0 Å². The van der Waals surface area contributed by atoms with Crippen molar-refractivity contribution >= 4 is 11.8 Å². The van der Waals surface area contributed by atoms with Crippen LogP contribution in [0.15, 0.2) is 0 Å². The minimum Gasteiger partial charge on any atom is -0.462 e. The van der Waals surface area contributed by atoms with Gasteiger partial charge in [0.2, 0.25) is 0 Å². The van der Waals surface area contributed by atoms with Crippen molar-refractivity contribution in [2.45, 2.75) is 90.8 Å². The van der Waals surface area contributed by atoms with Gasteiger partial charge in [0, 0.05) is 24.8 Å². The molecule has 0 heterocycles. The quantitative estimate of drug-likeness (QED) is 0.702. The number of Topliss-reactive ketones (excluding diaryl/α,β-unsaturated/α-hetero) is 1. The van der Waals surface area contributed by atoms with E-state index in [0.717, 1.165) is 44.9 Å². The third-order valence-electron chi connectivity index (χ3n) is 9.96. The summed E-state index contributed by atoms with van der Waals surface area (Å²) in [4.78, 5) is 24.9. The molecule has 4 fully saturated rings. The first-order valence-corrected chi connectivity index (χ1v) is 11.7. The second kappa shape index (κ2) is 7.05. The number of carbonyl (C=O) groups excluding carboxylic acids is 2.